The smallest absolute Gasteiger partial charge is 0.407 e. The van der Waals surface area contributed by atoms with Gasteiger partial charge in [-0.25, -0.2) is 0 Å². The second-order valence-corrected chi connectivity index (χ2v) is 3.55. The van der Waals surface area contributed by atoms with Crippen LogP contribution in [0.3, 0.4) is 0 Å². The molecule has 0 radical (unpaired) electrons. The summed E-state index contributed by atoms with van der Waals surface area (Å²) in [7, 11) is 0. The number of phenols is 1. The van der Waals surface area contributed by atoms with Gasteiger partial charge in [-0.15, -0.1) is 0 Å². The van der Waals surface area contributed by atoms with E-state index in [0.29, 0.717) is 5.56 Å². The van der Waals surface area contributed by atoms with Crippen molar-refractivity contribution in [3.05, 3.63) is 28.3 Å². The van der Waals surface area contributed by atoms with Crippen molar-refractivity contribution in [1.29, 1.82) is 0 Å². The van der Waals surface area contributed by atoms with Gasteiger partial charge in [0, 0.05) is 10.6 Å². The molecule has 1 atom stereocenters. The van der Waals surface area contributed by atoms with Crippen LogP contribution in [0.5, 0.6) is 5.75 Å². The fraction of sp³-hybridized carbons (Fsp3) is 0.333. The van der Waals surface area contributed by atoms with Gasteiger partial charge in [-0.3, -0.25) is 0 Å². The molecule has 0 unspecified atom stereocenters. The van der Waals surface area contributed by atoms with Gasteiger partial charge in [0.25, 0.3) is 0 Å². The van der Waals surface area contributed by atoms with E-state index in [9.17, 15) is 18.3 Å². The quantitative estimate of drug-likeness (QED) is 0.792. The molecule has 2 nitrogen and oxygen atoms in total. The van der Waals surface area contributed by atoms with Gasteiger partial charge in [-0.1, -0.05) is 17.7 Å². The van der Waals surface area contributed by atoms with Crippen LogP contribution >= 0.6 is 11.6 Å². The van der Waals surface area contributed by atoms with E-state index in [1.165, 1.54) is 19.1 Å². The molecule has 0 aliphatic rings. The molecule has 0 aliphatic heterocycles. The number of nitrogens with two attached hydrogens (primary N) is 1. The van der Waals surface area contributed by atoms with Crippen LogP contribution in [0.2, 0.25) is 5.02 Å². The molecule has 0 bridgehead atoms. The highest BCUT2D eigenvalue weighted by molar-refractivity contribution is 6.31. The third-order valence-electron chi connectivity index (χ3n) is 2.03. The standard InChI is InChI=1S/C9H9ClF3NO/c1-4-2-3-5(10)6(7(4)15)8(14)9(11,12)13/h2-3,8,15H,14H2,1H3/t8-/m1/s1. The molecule has 0 saturated carbocycles. The normalized spacial score (nSPS) is 14.0. The molecule has 1 rings (SSSR count). The molecule has 6 heteroatoms. The minimum atomic E-state index is -4.63. The second-order valence-electron chi connectivity index (χ2n) is 3.15. The van der Waals surface area contributed by atoms with Crippen LogP contribution in [0.25, 0.3) is 0 Å². The van der Waals surface area contributed by atoms with E-state index in [-0.39, 0.29) is 5.02 Å². The Bertz CT molecular complexity index is 378. The molecule has 0 fully saturated rings. The highest BCUT2D eigenvalue weighted by Crippen LogP contribution is 2.40. The summed E-state index contributed by atoms with van der Waals surface area (Å²) in [5, 5.41) is 9.26. The summed E-state index contributed by atoms with van der Waals surface area (Å²) >= 11 is 5.56. The number of halogens is 4. The Morgan fingerprint density at radius 3 is 2.40 bits per heavy atom. The zero-order chi connectivity index (χ0) is 11.8. The first kappa shape index (κ1) is 12.1. The minimum absolute atomic E-state index is 0.192. The lowest BCUT2D eigenvalue weighted by molar-refractivity contribution is -0.149. The first-order valence-corrected chi connectivity index (χ1v) is 4.43. The first-order valence-electron chi connectivity index (χ1n) is 4.05. The SMILES string of the molecule is Cc1ccc(Cl)c([C@@H](N)C(F)(F)F)c1O. The van der Waals surface area contributed by atoms with E-state index in [0.717, 1.165) is 0 Å². The van der Waals surface area contributed by atoms with Gasteiger partial charge in [0.05, 0.1) is 0 Å². The number of rotatable bonds is 1. The topological polar surface area (TPSA) is 46.2 Å². The molecule has 15 heavy (non-hydrogen) atoms. The number of aromatic hydroxyl groups is 1. The average Bonchev–Trinajstić information content (AvgIpc) is 2.10. The summed E-state index contributed by atoms with van der Waals surface area (Å²) in [5.74, 6) is -0.507. The maximum Gasteiger partial charge on any atom is 0.407 e. The largest absolute Gasteiger partial charge is 0.507 e. The number of hydrogen-bond acceptors (Lipinski definition) is 2. The number of phenolic OH excluding ortho intramolecular Hbond substituents is 1. The summed E-state index contributed by atoms with van der Waals surface area (Å²) in [6.45, 7) is 1.47. The van der Waals surface area contributed by atoms with Gasteiger partial charge in [0.2, 0.25) is 0 Å². The van der Waals surface area contributed by atoms with E-state index in [1.54, 1.807) is 0 Å². The monoisotopic (exact) mass is 239 g/mol. The molecule has 84 valence electrons. The minimum Gasteiger partial charge on any atom is -0.507 e. The molecular weight excluding hydrogens is 231 g/mol. The third-order valence-corrected chi connectivity index (χ3v) is 2.36. The highest BCUT2D eigenvalue weighted by atomic mass is 35.5. The molecule has 0 spiro atoms. The summed E-state index contributed by atoms with van der Waals surface area (Å²) in [6, 6.07) is 0.423. The molecule has 0 aromatic heterocycles. The Kier molecular flexibility index (Phi) is 3.16. The fourth-order valence-corrected chi connectivity index (χ4v) is 1.42. The van der Waals surface area contributed by atoms with Crippen molar-refractivity contribution >= 4 is 11.6 Å². The molecule has 1 aromatic carbocycles. The molecule has 0 saturated heterocycles. The van der Waals surface area contributed by atoms with Crippen LogP contribution in [0.4, 0.5) is 13.2 Å². The summed E-state index contributed by atoms with van der Waals surface area (Å²) in [5.41, 5.74) is 4.79. The average molecular weight is 240 g/mol. The third kappa shape index (κ3) is 2.35. The first-order chi connectivity index (χ1) is 6.75. The van der Waals surface area contributed by atoms with Crippen molar-refractivity contribution in [2.24, 2.45) is 5.73 Å². The van der Waals surface area contributed by atoms with E-state index in [4.69, 9.17) is 17.3 Å². The summed E-state index contributed by atoms with van der Waals surface area (Å²) in [4.78, 5) is 0. The van der Waals surface area contributed by atoms with Gasteiger partial charge in [0.15, 0.2) is 0 Å². The van der Waals surface area contributed by atoms with E-state index < -0.39 is 23.5 Å². The number of hydrogen-bond donors (Lipinski definition) is 2. The molecular formula is C9H9ClF3NO. The Labute approximate surface area is 89.5 Å². The predicted molar refractivity (Wildman–Crippen MR) is 50.8 cm³/mol. The van der Waals surface area contributed by atoms with Crippen molar-refractivity contribution < 1.29 is 18.3 Å². The number of aryl methyl sites for hydroxylation is 1. The zero-order valence-electron chi connectivity index (χ0n) is 7.77. The van der Waals surface area contributed by atoms with Crippen molar-refractivity contribution in [2.75, 3.05) is 0 Å². The van der Waals surface area contributed by atoms with Gasteiger partial charge in [0.1, 0.15) is 11.8 Å². The molecule has 0 aliphatic carbocycles. The van der Waals surface area contributed by atoms with Crippen molar-refractivity contribution in [2.45, 2.75) is 19.1 Å². The molecule has 3 N–H and O–H groups in total. The van der Waals surface area contributed by atoms with Gasteiger partial charge < -0.3 is 10.8 Å². The second kappa shape index (κ2) is 3.90. The van der Waals surface area contributed by atoms with Gasteiger partial charge in [-0.2, -0.15) is 13.2 Å². The Balaban J connectivity index is 3.31. The van der Waals surface area contributed by atoms with E-state index >= 15 is 0 Å². The van der Waals surface area contributed by atoms with Crippen molar-refractivity contribution in [3.8, 4) is 5.75 Å². The Morgan fingerprint density at radius 1 is 1.40 bits per heavy atom. The lowest BCUT2D eigenvalue weighted by Crippen LogP contribution is -2.28. The Hall–Kier alpha value is -0.940. The molecule has 1 aromatic rings. The maximum atomic E-state index is 12.3. The fourth-order valence-electron chi connectivity index (χ4n) is 1.15. The zero-order valence-corrected chi connectivity index (χ0v) is 8.52. The van der Waals surface area contributed by atoms with Crippen LogP contribution in [-0.2, 0) is 0 Å². The Morgan fingerprint density at radius 2 is 1.93 bits per heavy atom. The maximum absolute atomic E-state index is 12.3. The predicted octanol–water partition coefficient (Wildman–Crippen LogP) is 2.92. The van der Waals surface area contributed by atoms with Crippen molar-refractivity contribution in [3.63, 3.8) is 0 Å². The summed E-state index contributed by atoms with van der Waals surface area (Å²) in [6.07, 6.45) is -4.63. The van der Waals surface area contributed by atoms with Crippen LogP contribution < -0.4 is 5.73 Å². The highest BCUT2D eigenvalue weighted by Gasteiger charge is 2.40. The van der Waals surface area contributed by atoms with E-state index in [1.807, 2.05) is 0 Å². The van der Waals surface area contributed by atoms with Crippen LogP contribution in [0.15, 0.2) is 12.1 Å². The van der Waals surface area contributed by atoms with Crippen LogP contribution in [-0.4, -0.2) is 11.3 Å². The van der Waals surface area contributed by atoms with Gasteiger partial charge in [-0.05, 0) is 18.6 Å². The molecule has 0 heterocycles. The summed E-state index contributed by atoms with van der Waals surface area (Å²) < 4.78 is 37.0. The van der Waals surface area contributed by atoms with Crippen LogP contribution in [0, 0.1) is 6.92 Å². The van der Waals surface area contributed by atoms with Gasteiger partial charge >= 0.3 is 6.18 Å². The lowest BCUT2D eigenvalue weighted by Gasteiger charge is -2.19. The van der Waals surface area contributed by atoms with Crippen LogP contribution in [0.1, 0.15) is 17.2 Å². The lowest BCUT2D eigenvalue weighted by atomic mass is 10.0. The number of benzene rings is 1. The molecule has 0 amide bonds. The van der Waals surface area contributed by atoms with E-state index in [2.05, 4.69) is 0 Å². The number of alkyl halides is 3. The van der Waals surface area contributed by atoms with Crippen molar-refractivity contribution in [1.82, 2.24) is 0 Å².